The number of hydrazine groups is 1. The van der Waals surface area contributed by atoms with Gasteiger partial charge in [-0.25, -0.2) is 14.8 Å². The van der Waals surface area contributed by atoms with Gasteiger partial charge in [-0.15, -0.1) is 0 Å². The van der Waals surface area contributed by atoms with E-state index in [1.54, 1.807) is 13.0 Å². The van der Waals surface area contributed by atoms with Crippen LogP contribution < -0.4 is 5.48 Å². The third-order valence-electron chi connectivity index (χ3n) is 2.54. The van der Waals surface area contributed by atoms with Gasteiger partial charge >= 0.3 is 5.97 Å². The number of nitriles is 1. The summed E-state index contributed by atoms with van der Waals surface area (Å²) in [6, 6.07) is 0.639. The first-order valence-electron chi connectivity index (χ1n) is 6.09. The SMILES string of the molecule is CCOC(=O)C(C#N)NOC1COCCN1N(C)C. The molecule has 19 heavy (non-hydrogen) atoms. The monoisotopic (exact) mass is 272 g/mol. The highest BCUT2D eigenvalue weighted by molar-refractivity contribution is 5.78. The molecule has 1 aliphatic rings. The molecule has 0 bridgehead atoms. The van der Waals surface area contributed by atoms with Gasteiger partial charge in [-0.1, -0.05) is 0 Å². The van der Waals surface area contributed by atoms with Crippen LogP contribution in [0.2, 0.25) is 0 Å². The molecule has 0 aromatic carbocycles. The molecule has 1 N–H and O–H groups in total. The van der Waals surface area contributed by atoms with E-state index in [1.165, 1.54) is 0 Å². The van der Waals surface area contributed by atoms with Crippen LogP contribution in [-0.4, -0.2) is 68.7 Å². The zero-order valence-electron chi connectivity index (χ0n) is 11.5. The number of morpholine rings is 1. The van der Waals surface area contributed by atoms with Crippen LogP contribution in [0.4, 0.5) is 0 Å². The topological polar surface area (TPSA) is 87.1 Å². The third-order valence-corrected chi connectivity index (χ3v) is 2.54. The maximum Gasteiger partial charge on any atom is 0.340 e. The fraction of sp³-hybridized carbons (Fsp3) is 0.818. The summed E-state index contributed by atoms with van der Waals surface area (Å²) in [6.45, 7) is 3.53. The molecule has 8 heteroatoms. The molecule has 2 unspecified atom stereocenters. The minimum atomic E-state index is -1.15. The molecule has 1 saturated heterocycles. The second kappa shape index (κ2) is 8.04. The predicted molar refractivity (Wildman–Crippen MR) is 65.3 cm³/mol. The largest absolute Gasteiger partial charge is 0.464 e. The maximum absolute atomic E-state index is 11.4. The van der Waals surface area contributed by atoms with Gasteiger partial charge in [0.25, 0.3) is 0 Å². The van der Waals surface area contributed by atoms with Gasteiger partial charge in [0.05, 0.1) is 25.9 Å². The van der Waals surface area contributed by atoms with Gasteiger partial charge in [-0.3, -0.25) is 4.84 Å². The Morgan fingerprint density at radius 1 is 1.68 bits per heavy atom. The number of nitrogens with one attached hydrogen (secondary N) is 1. The molecular weight excluding hydrogens is 252 g/mol. The van der Waals surface area contributed by atoms with Crippen LogP contribution in [0.5, 0.6) is 0 Å². The number of hydroxylamine groups is 1. The van der Waals surface area contributed by atoms with Gasteiger partial charge < -0.3 is 9.47 Å². The molecule has 1 heterocycles. The summed E-state index contributed by atoms with van der Waals surface area (Å²) in [7, 11) is 3.77. The molecule has 0 amide bonds. The summed E-state index contributed by atoms with van der Waals surface area (Å²) in [5, 5.41) is 12.7. The lowest BCUT2D eigenvalue weighted by molar-refractivity contribution is -0.231. The lowest BCUT2D eigenvalue weighted by Crippen LogP contribution is -2.55. The van der Waals surface area contributed by atoms with E-state index in [4.69, 9.17) is 19.6 Å². The van der Waals surface area contributed by atoms with Gasteiger partial charge in [-0.2, -0.15) is 10.7 Å². The normalized spacial score (nSPS) is 21.9. The number of carbonyl (C=O) groups is 1. The van der Waals surface area contributed by atoms with Crippen LogP contribution in [-0.2, 0) is 19.1 Å². The van der Waals surface area contributed by atoms with Crippen molar-refractivity contribution in [2.75, 3.05) is 40.5 Å². The van der Waals surface area contributed by atoms with E-state index in [2.05, 4.69) is 5.48 Å². The summed E-state index contributed by atoms with van der Waals surface area (Å²) in [5.41, 5.74) is 2.42. The number of hydrogen-bond donors (Lipinski definition) is 1. The van der Waals surface area contributed by atoms with Crippen molar-refractivity contribution in [1.29, 1.82) is 5.26 Å². The first-order chi connectivity index (χ1) is 9.10. The molecule has 0 radical (unpaired) electrons. The summed E-state index contributed by atoms with van der Waals surface area (Å²) in [5.74, 6) is -0.655. The van der Waals surface area contributed by atoms with Gasteiger partial charge in [0.1, 0.15) is 0 Å². The standard InChI is InChI=1S/C11H20N4O4/c1-4-18-11(16)9(7-12)13-19-10-8-17-6-5-15(10)14(2)3/h9-10,13H,4-6,8H2,1-3H3. The molecule has 8 nitrogen and oxygen atoms in total. The summed E-state index contributed by atoms with van der Waals surface area (Å²) < 4.78 is 10.1. The van der Waals surface area contributed by atoms with Crippen LogP contribution in [0, 0.1) is 11.3 Å². The van der Waals surface area contributed by atoms with Crippen LogP contribution in [0.15, 0.2) is 0 Å². The van der Waals surface area contributed by atoms with E-state index in [1.807, 2.05) is 24.1 Å². The third kappa shape index (κ3) is 4.74. The smallest absolute Gasteiger partial charge is 0.340 e. The zero-order chi connectivity index (χ0) is 14.3. The van der Waals surface area contributed by atoms with E-state index in [0.29, 0.717) is 19.8 Å². The Bertz CT molecular complexity index is 331. The lowest BCUT2D eigenvalue weighted by atomic mass is 10.3. The van der Waals surface area contributed by atoms with Crippen LogP contribution >= 0.6 is 0 Å². The number of carbonyl (C=O) groups excluding carboxylic acids is 1. The summed E-state index contributed by atoms with van der Waals surface area (Å²) >= 11 is 0. The van der Waals surface area contributed by atoms with E-state index in [-0.39, 0.29) is 6.61 Å². The van der Waals surface area contributed by atoms with E-state index < -0.39 is 18.2 Å². The Hall–Kier alpha value is -1.24. The Balaban J connectivity index is 2.48. The highest BCUT2D eigenvalue weighted by Gasteiger charge is 2.28. The minimum absolute atomic E-state index is 0.217. The maximum atomic E-state index is 11.4. The van der Waals surface area contributed by atoms with Crippen LogP contribution in [0.3, 0.4) is 0 Å². The fourth-order valence-corrected chi connectivity index (χ4v) is 1.62. The van der Waals surface area contributed by atoms with Gasteiger partial charge in [0, 0.05) is 20.6 Å². The van der Waals surface area contributed by atoms with Crippen LogP contribution in [0.25, 0.3) is 0 Å². The molecule has 0 aromatic heterocycles. The van der Waals surface area contributed by atoms with Gasteiger partial charge in [-0.05, 0) is 6.92 Å². The Labute approximate surface area is 112 Å². The molecule has 0 spiro atoms. The van der Waals surface area contributed by atoms with E-state index in [9.17, 15) is 4.79 Å². The van der Waals surface area contributed by atoms with Gasteiger partial charge in [0.15, 0.2) is 6.23 Å². The zero-order valence-corrected chi connectivity index (χ0v) is 11.5. The summed E-state index contributed by atoms with van der Waals surface area (Å²) in [6.07, 6.45) is -0.394. The number of nitrogens with zero attached hydrogens (tertiary/aromatic N) is 3. The molecule has 1 aliphatic heterocycles. The number of hydrogen-bond acceptors (Lipinski definition) is 8. The molecule has 0 aromatic rings. The Kier molecular flexibility index (Phi) is 6.69. The Morgan fingerprint density at radius 2 is 2.42 bits per heavy atom. The number of esters is 1. The molecule has 0 aliphatic carbocycles. The van der Waals surface area contributed by atoms with Crippen LogP contribution in [0.1, 0.15) is 6.92 Å². The minimum Gasteiger partial charge on any atom is -0.464 e. The van der Waals surface area contributed by atoms with Crippen molar-refractivity contribution in [2.45, 2.75) is 19.2 Å². The average Bonchev–Trinajstić information content (AvgIpc) is 2.40. The first-order valence-corrected chi connectivity index (χ1v) is 6.09. The molecular formula is C11H20N4O4. The molecule has 1 fully saturated rings. The van der Waals surface area contributed by atoms with E-state index >= 15 is 0 Å². The van der Waals surface area contributed by atoms with Crippen molar-refractivity contribution in [3.8, 4) is 6.07 Å². The Morgan fingerprint density at radius 3 is 3.00 bits per heavy atom. The second-order valence-electron chi connectivity index (χ2n) is 4.09. The van der Waals surface area contributed by atoms with Crippen molar-refractivity contribution in [1.82, 2.24) is 15.5 Å². The second-order valence-corrected chi connectivity index (χ2v) is 4.09. The van der Waals surface area contributed by atoms with Crippen molar-refractivity contribution < 1.29 is 19.1 Å². The van der Waals surface area contributed by atoms with Crippen molar-refractivity contribution in [3.63, 3.8) is 0 Å². The highest BCUT2D eigenvalue weighted by Crippen LogP contribution is 2.08. The lowest BCUT2D eigenvalue weighted by Gasteiger charge is -2.38. The first kappa shape index (κ1) is 15.8. The molecule has 0 saturated carbocycles. The van der Waals surface area contributed by atoms with Crippen molar-refractivity contribution in [2.24, 2.45) is 0 Å². The highest BCUT2D eigenvalue weighted by atomic mass is 16.7. The fourth-order valence-electron chi connectivity index (χ4n) is 1.62. The summed E-state index contributed by atoms with van der Waals surface area (Å²) in [4.78, 5) is 16.8. The average molecular weight is 272 g/mol. The van der Waals surface area contributed by atoms with Crippen molar-refractivity contribution >= 4 is 5.97 Å². The number of rotatable bonds is 6. The predicted octanol–water partition coefficient (Wildman–Crippen LogP) is -0.902. The quantitative estimate of drug-likeness (QED) is 0.491. The van der Waals surface area contributed by atoms with Gasteiger partial charge in [0.2, 0.25) is 6.04 Å². The molecule has 2 atom stereocenters. The molecule has 108 valence electrons. The molecule has 1 rings (SSSR count). The van der Waals surface area contributed by atoms with E-state index in [0.717, 1.165) is 0 Å². The number of ether oxygens (including phenoxy) is 2. The van der Waals surface area contributed by atoms with Crippen molar-refractivity contribution in [3.05, 3.63) is 0 Å².